The van der Waals surface area contributed by atoms with Crippen LogP contribution in [0.4, 0.5) is 0 Å². The first-order valence-electron chi connectivity index (χ1n) is 7.04. The smallest absolute Gasteiger partial charge is 0.0638 e. The number of hydrogen-bond acceptors (Lipinski definition) is 2. The van der Waals surface area contributed by atoms with Crippen LogP contribution in [0, 0.1) is 11.3 Å². The Morgan fingerprint density at radius 3 is 2.31 bits per heavy atom. The normalized spacial score (nSPS) is 29.6. The molecular weight excluding hydrogens is 196 g/mol. The van der Waals surface area contributed by atoms with Crippen LogP contribution < -0.4 is 0 Å². The maximum Gasteiger partial charge on any atom is 0.0638 e. The molecule has 0 bridgehead atoms. The summed E-state index contributed by atoms with van der Waals surface area (Å²) < 4.78 is 0. The summed E-state index contributed by atoms with van der Waals surface area (Å²) in [5.41, 5.74) is 0. The largest absolute Gasteiger partial charge is 0.296 e. The van der Waals surface area contributed by atoms with Gasteiger partial charge in [-0.1, -0.05) is 32.1 Å². The van der Waals surface area contributed by atoms with Crippen LogP contribution in [-0.2, 0) is 0 Å². The van der Waals surface area contributed by atoms with E-state index in [1.54, 1.807) is 0 Å². The van der Waals surface area contributed by atoms with Gasteiger partial charge < -0.3 is 0 Å². The molecule has 1 atom stereocenters. The third-order valence-corrected chi connectivity index (χ3v) is 4.29. The van der Waals surface area contributed by atoms with Crippen molar-refractivity contribution in [2.45, 2.75) is 76.3 Å². The molecule has 0 radical (unpaired) electrons. The van der Waals surface area contributed by atoms with Crippen molar-refractivity contribution < 1.29 is 0 Å². The van der Waals surface area contributed by atoms with E-state index in [0.29, 0.717) is 6.04 Å². The van der Waals surface area contributed by atoms with E-state index >= 15 is 0 Å². The highest BCUT2D eigenvalue weighted by Gasteiger charge is 2.28. The summed E-state index contributed by atoms with van der Waals surface area (Å²) in [6.45, 7) is 1.25. The van der Waals surface area contributed by atoms with Gasteiger partial charge in [-0.3, -0.25) is 4.90 Å². The molecule has 2 heteroatoms. The second-order valence-corrected chi connectivity index (χ2v) is 5.40. The van der Waals surface area contributed by atoms with Gasteiger partial charge in [0.2, 0.25) is 0 Å². The number of piperidine rings is 1. The molecule has 0 spiro atoms. The number of rotatable bonds is 2. The van der Waals surface area contributed by atoms with Crippen LogP contribution in [-0.4, -0.2) is 23.5 Å². The van der Waals surface area contributed by atoms with Crippen LogP contribution in [0.2, 0.25) is 0 Å². The molecule has 0 aromatic rings. The van der Waals surface area contributed by atoms with E-state index in [9.17, 15) is 0 Å². The van der Waals surface area contributed by atoms with Crippen molar-refractivity contribution in [3.05, 3.63) is 0 Å². The molecule has 2 rings (SSSR count). The molecule has 90 valence electrons. The summed E-state index contributed by atoms with van der Waals surface area (Å²) in [5.74, 6) is 0. The number of nitriles is 1. The second kappa shape index (κ2) is 6.25. The molecule has 1 heterocycles. The molecule has 2 aliphatic rings. The molecule has 2 fully saturated rings. The molecular formula is C14H24N2. The van der Waals surface area contributed by atoms with E-state index in [1.807, 2.05) is 0 Å². The summed E-state index contributed by atoms with van der Waals surface area (Å²) >= 11 is 0. The van der Waals surface area contributed by atoms with Crippen molar-refractivity contribution in [1.29, 1.82) is 5.26 Å². The summed E-state index contributed by atoms with van der Waals surface area (Å²) in [6, 6.07) is 3.74. The van der Waals surface area contributed by atoms with Crippen molar-refractivity contribution in [3.63, 3.8) is 0 Å². The fraction of sp³-hybridized carbons (Fsp3) is 0.929. The highest BCUT2D eigenvalue weighted by molar-refractivity contribution is 4.89. The Morgan fingerprint density at radius 1 is 0.938 bits per heavy atom. The average Bonchev–Trinajstić information content (AvgIpc) is 2.59. The van der Waals surface area contributed by atoms with Gasteiger partial charge in [0.15, 0.2) is 0 Å². The minimum Gasteiger partial charge on any atom is -0.296 e. The topological polar surface area (TPSA) is 27.0 Å². The summed E-state index contributed by atoms with van der Waals surface area (Å²) in [7, 11) is 0. The highest BCUT2D eigenvalue weighted by Crippen LogP contribution is 2.28. The maximum absolute atomic E-state index is 8.91. The van der Waals surface area contributed by atoms with E-state index < -0.39 is 0 Å². The van der Waals surface area contributed by atoms with E-state index in [0.717, 1.165) is 12.5 Å². The van der Waals surface area contributed by atoms with Crippen molar-refractivity contribution in [3.8, 4) is 6.07 Å². The minimum absolute atomic E-state index is 0.571. The summed E-state index contributed by atoms with van der Waals surface area (Å²) in [4.78, 5) is 2.68. The predicted molar refractivity (Wildman–Crippen MR) is 66.1 cm³/mol. The average molecular weight is 220 g/mol. The molecule has 0 aromatic heterocycles. The van der Waals surface area contributed by atoms with Gasteiger partial charge in [0.05, 0.1) is 12.5 Å². The number of likely N-dealkylation sites (tertiary alicyclic amines) is 1. The third-order valence-electron chi connectivity index (χ3n) is 4.29. The van der Waals surface area contributed by atoms with Crippen LogP contribution in [0.5, 0.6) is 0 Å². The molecule has 2 nitrogen and oxygen atoms in total. The lowest BCUT2D eigenvalue weighted by Gasteiger charge is -2.40. The standard InChI is InChI=1S/C14H24N2/c15-11-10-14-9-5-6-12-16(14)13-7-3-1-2-4-8-13/h13-14H,1-10,12H2. The highest BCUT2D eigenvalue weighted by atomic mass is 15.2. The molecule has 1 unspecified atom stereocenters. The molecule has 0 amide bonds. The number of nitrogens with zero attached hydrogens (tertiary/aromatic N) is 2. The van der Waals surface area contributed by atoms with Gasteiger partial charge in [-0.2, -0.15) is 5.26 Å². The molecule has 0 aromatic carbocycles. The van der Waals surface area contributed by atoms with Crippen LogP contribution in [0.15, 0.2) is 0 Å². The lowest BCUT2D eigenvalue weighted by molar-refractivity contribution is 0.0875. The van der Waals surface area contributed by atoms with Gasteiger partial charge in [-0.15, -0.1) is 0 Å². The Balaban J connectivity index is 1.95. The second-order valence-electron chi connectivity index (χ2n) is 5.40. The molecule has 1 saturated heterocycles. The van der Waals surface area contributed by atoms with E-state index in [-0.39, 0.29) is 0 Å². The van der Waals surface area contributed by atoms with Crippen LogP contribution >= 0.6 is 0 Å². The summed E-state index contributed by atoms with van der Waals surface area (Å²) in [5, 5.41) is 8.91. The monoisotopic (exact) mass is 220 g/mol. The molecule has 1 saturated carbocycles. The van der Waals surface area contributed by atoms with E-state index in [2.05, 4.69) is 11.0 Å². The summed E-state index contributed by atoms with van der Waals surface area (Å²) in [6.07, 6.45) is 13.1. The molecule has 1 aliphatic heterocycles. The van der Waals surface area contributed by atoms with E-state index in [1.165, 1.54) is 64.3 Å². The van der Waals surface area contributed by atoms with Gasteiger partial charge in [0.1, 0.15) is 0 Å². The zero-order valence-corrected chi connectivity index (χ0v) is 10.3. The van der Waals surface area contributed by atoms with Gasteiger partial charge in [0.25, 0.3) is 0 Å². The Hall–Kier alpha value is -0.550. The molecule has 16 heavy (non-hydrogen) atoms. The van der Waals surface area contributed by atoms with Crippen LogP contribution in [0.3, 0.4) is 0 Å². The van der Waals surface area contributed by atoms with Crippen LogP contribution in [0.1, 0.15) is 64.2 Å². The Bertz CT molecular complexity index is 236. The quantitative estimate of drug-likeness (QED) is 0.666. The fourth-order valence-corrected chi connectivity index (χ4v) is 3.42. The zero-order valence-electron chi connectivity index (χ0n) is 10.3. The Morgan fingerprint density at radius 2 is 1.62 bits per heavy atom. The number of hydrogen-bond donors (Lipinski definition) is 0. The maximum atomic E-state index is 8.91. The predicted octanol–water partition coefficient (Wildman–Crippen LogP) is 3.48. The van der Waals surface area contributed by atoms with Crippen molar-refractivity contribution >= 4 is 0 Å². The molecule has 1 aliphatic carbocycles. The lowest BCUT2D eigenvalue weighted by Crippen LogP contribution is -2.46. The Labute approximate surface area is 99.6 Å². The zero-order chi connectivity index (χ0) is 11.2. The molecule has 0 N–H and O–H groups in total. The first kappa shape index (κ1) is 11.9. The van der Waals surface area contributed by atoms with Gasteiger partial charge in [-0.25, -0.2) is 0 Å². The first-order valence-corrected chi connectivity index (χ1v) is 7.04. The van der Waals surface area contributed by atoms with Gasteiger partial charge in [0, 0.05) is 12.1 Å². The lowest BCUT2D eigenvalue weighted by atomic mass is 9.95. The Kier molecular flexibility index (Phi) is 4.66. The van der Waals surface area contributed by atoms with E-state index in [4.69, 9.17) is 5.26 Å². The minimum atomic E-state index is 0.571. The van der Waals surface area contributed by atoms with Gasteiger partial charge >= 0.3 is 0 Å². The van der Waals surface area contributed by atoms with Crippen molar-refractivity contribution in [1.82, 2.24) is 4.90 Å². The first-order chi connectivity index (χ1) is 7.92. The van der Waals surface area contributed by atoms with Crippen molar-refractivity contribution in [2.75, 3.05) is 6.54 Å². The van der Waals surface area contributed by atoms with Gasteiger partial charge in [-0.05, 0) is 32.2 Å². The third kappa shape index (κ3) is 2.98. The SMILES string of the molecule is N#CCC1CCCCN1C1CCCCCC1. The van der Waals surface area contributed by atoms with Crippen LogP contribution in [0.25, 0.3) is 0 Å². The van der Waals surface area contributed by atoms with Crippen molar-refractivity contribution in [2.24, 2.45) is 0 Å². The fourth-order valence-electron chi connectivity index (χ4n) is 3.42.